The highest BCUT2D eigenvalue weighted by Crippen LogP contribution is 2.86. The molecule has 6 rings (SSSR count). The van der Waals surface area contributed by atoms with E-state index < -0.39 is 50.1 Å². The molecule has 3 saturated carbocycles. The van der Waals surface area contributed by atoms with Crippen molar-refractivity contribution in [3.8, 4) is 0 Å². The first kappa shape index (κ1) is 33.6. The minimum absolute atomic E-state index is 0.0369. The summed E-state index contributed by atoms with van der Waals surface area (Å²) in [7, 11) is -4.13. The Morgan fingerprint density at radius 3 is 2.21 bits per heavy atom. The van der Waals surface area contributed by atoms with Gasteiger partial charge in [-0.3, -0.25) is 19.2 Å². The molecule has 2 unspecified atom stereocenters. The van der Waals surface area contributed by atoms with Gasteiger partial charge in [0.2, 0.25) is 15.9 Å². The molecule has 6 atom stereocenters. The minimum atomic E-state index is -4.13. The van der Waals surface area contributed by atoms with Gasteiger partial charge in [0.1, 0.15) is 11.8 Å². The fraction of sp³-hybridized carbons (Fsp3) is 0.543. The molecule has 4 fully saturated rings. The average molecular weight is 684 g/mol. The van der Waals surface area contributed by atoms with Gasteiger partial charge in [0.25, 0.3) is 11.8 Å². The molecule has 3 N–H and O–H groups in total. The monoisotopic (exact) mass is 683 g/mol. The van der Waals surface area contributed by atoms with Gasteiger partial charge in [0.05, 0.1) is 16.8 Å². The molecule has 252 valence electrons. The second-order valence-corrected chi connectivity index (χ2v) is 17.3. The van der Waals surface area contributed by atoms with Crippen LogP contribution in [0.2, 0.25) is 5.02 Å². The van der Waals surface area contributed by atoms with Crippen molar-refractivity contribution in [1.82, 2.24) is 14.9 Å². The molecular formula is C35H42ClN3O7S. The lowest BCUT2D eigenvalue weighted by Crippen LogP contribution is -2.60. The highest BCUT2D eigenvalue weighted by atomic mass is 35.5. The number of benzene rings is 2. The van der Waals surface area contributed by atoms with Gasteiger partial charge < -0.3 is 15.3 Å². The quantitative estimate of drug-likeness (QED) is 0.363. The molecule has 1 heterocycles. The number of amides is 3. The number of likely N-dealkylation sites (tertiary alicyclic amines) is 1. The predicted molar refractivity (Wildman–Crippen MR) is 176 cm³/mol. The Hall–Kier alpha value is -3.28. The van der Waals surface area contributed by atoms with Crippen LogP contribution in [0.15, 0.2) is 48.5 Å². The third-order valence-electron chi connectivity index (χ3n) is 11.8. The molecule has 3 aliphatic carbocycles. The number of piperidine rings is 1. The van der Waals surface area contributed by atoms with E-state index in [-0.39, 0.29) is 53.2 Å². The van der Waals surface area contributed by atoms with E-state index in [4.69, 9.17) is 11.6 Å². The van der Waals surface area contributed by atoms with Crippen molar-refractivity contribution in [3.63, 3.8) is 0 Å². The maximum atomic E-state index is 13.8. The van der Waals surface area contributed by atoms with Crippen LogP contribution in [0.1, 0.15) is 80.2 Å². The number of Topliss-reactive ketones (excluding diaryl/α,β-unsaturated/α-hetero) is 1. The standard InChI is InChI=1S/C35H42ClN3O7S/c1-20(2)28(31(43)39-14-13-35(44,32(3,4)18-39)23-9-11-24(36)12-10-23)37-29(41)21-7-6-8-22(15-21)30(42)38-47(45,46)19-34-17-26-25(16-27(34)40)33(26,34)5/h6-12,15,20,25-26,28,44H,13-14,16-19H2,1-5H3,(H,37,41)(H,38,42)/t25-,26?,28+,33?,34+,35-/m0/s1. The molecule has 2 aromatic rings. The Balaban J connectivity index is 1.11. The van der Waals surface area contributed by atoms with E-state index in [2.05, 4.69) is 10.0 Å². The molecule has 0 radical (unpaired) electrons. The predicted octanol–water partition coefficient (Wildman–Crippen LogP) is 3.92. The van der Waals surface area contributed by atoms with Gasteiger partial charge in [0, 0.05) is 41.1 Å². The van der Waals surface area contributed by atoms with Gasteiger partial charge in [-0.1, -0.05) is 64.4 Å². The number of carbonyl (C=O) groups is 4. The summed E-state index contributed by atoms with van der Waals surface area (Å²) in [5.74, 6) is -1.87. The average Bonchev–Trinajstić information content (AvgIpc) is 3.42. The van der Waals surface area contributed by atoms with E-state index in [0.29, 0.717) is 30.2 Å². The third kappa shape index (κ3) is 5.29. The number of ketones is 1. The van der Waals surface area contributed by atoms with Crippen LogP contribution in [0.4, 0.5) is 0 Å². The summed E-state index contributed by atoms with van der Waals surface area (Å²) in [6.45, 7) is 9.94. The Kier molecular flexibility index (Phi) is 7.96. The van der Waals surface area contributed by atoms with E-state index in [1.54, 1.807) is 29.2 Å². The molecule has 0 aromatic heterocycles. The number of aliphatic hydroxyl groups is 1. The number of carbonyl (C=O) groups excluding carboxylic acids is 4. The smallest absolute Gasteiger partial charge is 0.264 e. The van der Waals surface area contributed by atoms with Crippen LogP contribution in [0, 0.1) is 34.0 Å². The number of sulfonamides is 1. The van der Waals surface area contributed by atoms with Crippen molar-refractivity contribution in [2.24, 2.45) is 34.0 Å². The zero-order valence-electron chi connectivity index (χ0n) is 27.3. The summed E-state index contributed by atoms with van der Waals surface area (Å²) in [6, 6.07) is 11.8. The number of hydrogen-bond donors (Lipinski definition) is 3. The van der Waals surface area contributed by atoms with Crippen molar-refractivity contribution in [1.29, 1.82) is 0 Å². The Morgan fingerprint density at radius 2 is 1.66 bits per heavy atom. The Morgan fingerprint density at radius 1 is 1.02 bits per heavy atom. The van der Waals surface area contributed by atoms with Crippen molar-refractivity contribution in [3.05, 3.63) is 70.2 Å². The molecule has 0 spiro atoms. The first-order chi connectivity index (χ1) is 21.8. The van der Waals surface area contributed by atoms with Gasteiger partial charge in [-0.2, -0.15) is 0 Å². The van der Waals surface area contributed by atoms with Crippen LogP contribution in [0.25, 0.3) is 0 Å². The van der Waals surface area contributed by atoms with E-state index in [1.165, 1.54) is 24.3 Å². The summed E-state index contributed by atoms with van der Waals surface area (Å²) in [4.78, 5) is 54.6. The summed E-state index contributed by atoms with van der Waals surface area (Å²) in [5.41, 5.74) is -2.35. The van der Waals surface area contributed by atoms with Gasteiger partial charge >= 0.3 is 0 Å². The maximum absolute atomic E-state index is 13.8. The number of nitrogens with one attached hydrogen (secondary N) is 2. The zero-order valence-corrected chi connectivity index (χ0v) is 28.9. The normalized spacial score (nSPS) is 31.1. The fourth-order valence-corrected chi connectivity index (χ4v) is 10.6. The molecule has 47 heavy (non-hydrogen) atoms. The topological polar surface area (TPSA) is 150 Å². The second-order valence-electron chi connectivity index (χ2n) is 15.1. The zero-order chi connectivity index (χ0) is 34.3. The lowest BCUT2D eigenvalue weighted by Gasteiger charge is -2.51. The van der Waals surface area contributed by atoms with Crippen LogP contribution < -0.4 is 10.0 Å². The highest BCUT2D eigenvalue weighted by Gasteiger charge is 2.87. The lowest BCUT2D eigenvalue weighted by molar-refractivity contribution is -0.155. The van der Waals surface area contributed by atoms with Crippen molar-refractivity contribution >= 4 is 45.1 Å². The number of nitrogens with zero attached hydrogens (tertiary/aromatic N) is 1. The van der Waals surface area contributed by atoms with Crippen molar-refractivity contribution < 1.29 is 32.7 Å². The van der Waals surface area contributed by atoms with Crippen LogP contribution in [-0.4, -0.2) is 66.8 Å². The lowest BCUT2D eigenvalue weighted by atomic mass is 9.60. The number of hydrogen-bond acceptors (Lipinski definition) is 7. The van der Waals surface area contributed by atoms with E-state index in [9.17, 15) is 32.7 Å². The molecule has 12 heteroatoms. The summed E-state index contributed by atoms with van der Waals surface area (Å²) in [5, 5.41) is 15.1. The van der Waals surface area contributed by atoms with Crippen LogP contribution >= 0.6 is 11.6 Å². The summed E-state index contributed by atoms with van der Waals surface area (Å²) < 4.78 is 28.2. The number of fused-ring (bicyclic) bond motifs is 1. The van der Waals surface area contributed by atoms with Gasteiger partial charge in [0.15, 0.2) is 0 Å². The molecule has 3 amide bonds. The first-order valence-electron chi connectivity index (χ1n) is 16.1. The third-order valence-corrected chi connectivity index (χ3v) is 13.5. The Bertz CT molecular complexity index is 1780. The van der Waals surface area contributed by atoms with Crippen LogP contribution in [-0.2, 0) is 25.2 Å². The Labute approximate surface area is 280 Å². The van der Waals surface area contributed by atoms with Gasteiger partial charge in [-0.25, -0.2) is 13.1 Å². The van der Waals surface area contributed by atoms with Crippen molar-refractivity contribution in [2.75, 3.05) is 18.8 Å². The molecule has 1 aliphatic heterocycles. The van der Waals surface area contributed by atoms with Crippen molar-refractivity contribution in [2.45, 2.75) is 65.5 Å². The first-order valence-corrected chi connectivity index (χ1v) is 18.1. The second kappa shape index (κ2) is 11.1. The fourth-order valence-electron chi connectivity index (χ4n) is 8.75. The molecule has 10 nitrogen and oxygen atoms in total. The molecular weight excluding hydrogens is 642 g/mol. The van der Waals surface area contributed by atoms with Crippen LogP contribution in [0.5, 0.6) is 0 Å². The van der Waals surface area contributed by atoms with E-state index >= 15 is 0 Å². The summed E-state index contributed by atoms with van der Waals surface area (Å²) in [6.07, 6.45) is 1.25. The van der Waals surface area contributed by atoms with E-state index in [1.807, 2.05) is 34.6 Å². The molecule has 4 aliphatic rings. The number of rotatable bonds is 9. The van der Waals surface area contributed by atoms with Gasteiger partial charge in [-0.05, 0) is 71.9 Å². The molecule has 2 aromatic carbocycles. The largest absolute Gasteiger partial charge is 0.384 e. The van der Waals surface area contributed by atoms with E-state index in [0.717, 1.165) is 5.56 Å². The highest BCUT2D eigenvalue weighted by molar-refractivity contribution is 7.90. The molecule has 0 bridgehead atoms. The van der Waals surface area contributed by atoms with Gasteiger partial charge in [-0.15, -0.1) is 0 Å². The minimum Gasteiger partial charge on any atom is -0.384 e. The number of halogens is 1. The maximum Gasteiger partial charge on any atom is 0.264 e. The molecule has 1 saturated heterocycles. The summed E-state index contributed by atoms with van der Waals surface area (Å²) >= 11 is 6.06. The van der Waals surface area contributed by atoms with Crippen LogP contribution in [0.3, 0.4) is 0 Å². The SMILES string of the molecule is CC(C)[C@@H](NC(=O)c1cccc(C(=O)NS(=O)(=O)C[C@]23CC4[C@H](CC2=O)C43C)c1)C(=O)N1CC[C@](O)(c2ccc(Cl)cc2)C(C)(C)C1.